The monoisotopic (exact) mass is 524 g/mol. The summed E-state index contributed by atoms with van der Waals surface area (Å²) in [4.78, 5) is 4.73. The lowest BCUT2D eigenvalue weighted by molar-refractivity contribution is 0.664. The van der Waals surface area contributed by atoms with Crippen molar-refractivity contribution in [2.75, 3.05) is 0 Å². The molecule has 154 valence electrons. The maximum absolute atomic E-state index is 6.09. The first-order valence-electron chi connectivity index (χ1n) is 9.22. The van der Waals surface area contributed by atoms with Gasteiger partial charge in [0.1, 0.15) is 5.82 Å². The Bertz CT molecular complexity index is 941. The number of nitrogens with one attached hydrogen (secondary N) is 2. The molecule has 2 aromatic carbocycles. The molecule has 0 saturated heterocycles. The molecule has 1 unspecified atom stereocenters. The van der Waals surface area contributed by atoms with Gasteiger partial charge in [0.05, 0.1) is 19.1 Å². The van der Waals surface area contributed by atoms with Crippen LogP contribution in [-0.4, -0.2) is 20.7 Å². The average molecular weight is 525 g/mol. The van der Waals surface area contributed by atoms with E-state index >= 15 is 0 Å². The predicted octanol–water partition coefficient (Wildman–Crippen LogP) is 4.39. The Morgan fingerprint density at radius 3 is 2.55 bits per heavy atom. The Balaban J connectivity index is 0.00000300. The van der Waals surface area contributed by atoms with Crippen molar-refractivity contribution in [3.05, 3.63) is 82.4 Å². The van der Waals surface area contributed by atoms with E-state index in [4.69, 9.17) is 16.6 Å². The molecule has 1 atom stereocenters. The highest BCUT2D eigenvalue weighted by atomic mass is 127. The van der Waals surface area contributed by atoms with E-state index in [-0.39, 0.29) is 30.0 Å². The van der Waals surface area contributed by atoms with Gasteiger partial charge in [0.15, 0.2) is 11.8 Å². The summed E-state index contributed by atoms with van der Waals surface area (Å²) in [5.41, 5.74) is 2.24. The van der Waals surface area contributed by atoms with Crippen LogP contribution >= 0.6 is 35.6 Å². The number of benzene rings is 2. The number of guanidine groups is 1. The number of hydrogen-bond acceptors (Lipinski definition) is 3. The molecular weight excluding hydrogens is 499 g/mol. The Morgan fingerprint density at radius 1 is 1.14 bits per heavy atom. The van der Waals surface area contributed by atoms with Crippen molar-refractivity contribution in [1.29, 1.82) is 0 Å². The van der Waals surface area contributed by atoms with E-state index in [0.29, 0.717) is 24.1 Å². The summed E-state index contributed by atoms with van der Waals surface area (Å²) in [5.74, 6) is 2.43. The van der Waals surface area contributed by atoms with E-state index in [0.717, 1.165) is 17.2 Å². The molecule has 0 fully saturated rings. The molecule has 0 aliphatic rings. The second-order valence-corrected chi connectivity index (χ2v) is 7.08. The third kappa shape index (κ3) is 6.71. The maximum atomic E-state index is 6.09. The van der Waals surface area contributed by atoms with Crippen molar-refractivity contribution >= 4 is 41.5 Å². The molecule has 2 N–H and O–H groups in total. The van der Waals surface area contributed by atoms with Gasteiger partial charge in [-0.1, -0.05) is 54.1 Å². The molecule has 0 saturated carbocycles. The third-order valence-electron chi connectivity index (χ3n) is 4.56. The second-order valence-electron chi connectivity index (χ2n) is 6.65. The summed E-state index contributed by atoms with van der Waals surface area (Å²) in [7, 11) is 1.95. The highest BCUT2D eigenvalue weighted by molar-refractivity contribution is 14.0. The second kappa shape index (κ2) is 11.2. The molecule has 1 aromatic heterocycles. The minimum Gasteiger partial charge on any atom is -0.350 e. The molecule has 3 aromatic rings. The van der Waals surface area contributed by atoms with Gasteiger partial charge in [-0.3, -0.25) is 0 Å². The zero-order valence-corrected chi connectivity index (χ0v) is 19.8. The molecule has 0 bridgehead atoms. The van der Waals surface area contributed by atoms with Crippen LogP contribution in [0.25, 0.3) is 0 Å². The van der Waals surface area contributed by atoms with E-state index < -0.39 is 0 Å². The van der Waals surface area contributed by atoms with Gasteiger partial charge in [-0.15, -0.1) is 34.2 Å². The first-order chi connectivity index (χ1) is 13.5. The van der Waals surface area contributed by atoms with Crippen LogP contribution in [0.4, 0.5) is 0 Å². The molecule has 0 aliphatic carbocycles. The lowest BCUT2D eigenvalue weighted by Crippen LogP contribution is -2.39. The quantitative estimate of drug-likeness (QED) is 0.285. The van der Waals surface area contributed by atoms with Crippen LogP contribution in [0.3, 0.4) is 0 Å². The summed E-state index contributed by atoms with van der Waals surface area (Å²) < 4.78 is 1.96. The molecule has 6 nitrogen and oxygen atoms in total. The first kappa shape index (κ1) is 23.2. The Hall–Kier alpha value is -2.13. The normalized spacial score (nSPS) is 12.2. The Kier molecular flexibility index (Phi) is 8.91. The number of halogens is 2. The van der Waals surface area contributed by atoms with Crippen molar-refractivity contribution in [1.82, 2.24) is 25.4 Å². The summed E-state index contributed by atoms with van der Waals surface area (Å²) in [6.07, 6.45) is 0. The minimum absolute atomic E-state index is 0. The van der Waals surface area contributed by atoms with Gasteiger partial charge in [-0.05, 0) is 37.1 Å². The smallest absolute Gasteiger partial charge is 0.192 e. The lowest BCUT2D eigenvalue weighted by Gasteiger charge is -2.18. The fourth-order valence-electron chi connectivity index (χ4n) is 2.76. The molecule has 29 heavy (non-hydrogen) atoms. The van der Waals surface area contributed by atoms with Crippen LogP contribution in [0.1, 0.15) is 35.7 Å². The first-order valence-corrected chi connectivity index (χ1v) is 9.60. The predicted molar refractivity (Wildman–Crippen MR) is 129 cm³/mol. The van der Waals surface area contributed by atoms with E-state index in [9.17, 15) is 0 Å². The van der Waals surface area contributed by atoms with Crippen LogP contribution in [-0.2, 0) is 20.1 Å². The van der Waals surface area contributed by atoms with Crippen molar-refractivity contribution in [2.45, 2.75) is 33.0 Å². The third-order valence-corrected chi connectivity index (χ3v) is 4.79. The van der Waals surface area contributed by atoms with E-state index in [1.165, 1.54) is 5.56 Å². The SMILES string of the molecule is Cc1nnc(CNC(=NCc2cccc(Cl)c2)NC(C)c2ccccc2)n1C.I. The van der Waals surface area contributed by atoms with Crippen molar-refractivity contribution in [2.24, 2.45) is 12.0 Å². The molecule has 0 radical (unpaired) electrons. The van der Waals surface area contributed by atoms with Crippen LogP contribution in [0.2, 0.25) is 5.02 Å². The molecule has 8 heteroatoms. The van der Waals surface area contributed by atoms with E-state index in [1.54, 1.807) is 0 Å². The lowest BCUT2D eigenvalue weighted by atomic mass is 10.1. The number of hydrogen-bond donors (Lipinski definition) is 2. The van der Waals surface area contributed by atoms with E-state index in [1.807, 2.05) is 61.0 Å². The number of rotatable bonds is 6. The highest BCUT2D eigenvalue weighted by Gasteiger charge is 2.10. The summed E-state index contributed by atoms with van der Waals surface area (Å²) in [6.45, 7) is 5.09. The number of aliphatic imine (C=N–C) groups is 1. The minimum atomic E-state index is 0. The molecule has 0 spiro atoms. The standard InChI is InChI=1S/C21H25ClN6.HI/c1-15(18-9-5-4-6-10-18)25-21(23-13-17-8-7-11-19(22)12-17)24-14-20-27-26-16(2)28(20)3;/h4-12,15H,13-14H2,1-3H3,(H2,23,24,25);1H. The van der Waals surface area contributed by atoms with Gasteiger partial charge in [-0.25, -0.2) is 4.99 Å². The summed E-state index contributed by atoms with van der Waals surface area (Å²) >= 11 is 6.09. The summed E-state index contributed by atoms with van der Waals surface area (Å²) in [5, 5.41) is 15.8. The number of nitrogens with zero attached hydrogens (tertiary/aromatic N) is 4. The topological polar surface area (TPSA) is 67.1 Å². The molecule has 0 amide bonds. The Labute approximate surface area is 193 Å². The van der Waals surface area contributed by atoms with Crippen LogP contribution in [0.5, 0.6) is 0 Å². The van der Waals surface area contributed by atoms with E-state index in [2.05, 4.69) is 39.9 Å². The van der Waals surface area contributed by atoms with Gasteiger partial charge in [0.25, 0.3) is 0 Å². The Morgan fingerprint density at radius 2 is 1.90 bits per heavy atom. The van der Waals surface area contributed by atoms with Crippen LogP contribution in [0, 0.1) is 6.92 Å². The molecule has 0 aliphatic heterocycles. The van der Waals surface area contributed by atoms with Crippen LogP contribution < -0.4 is 10.6 Å². The number of aromatic nitrogens is 3. The molecule has 1 heterocycles. The van der Waals surface area contributed by atoms with Gasteiger partial charge in [0.2, 0.25) is 0 Å². The zero-order valence-electron chi connectivity index (χ0n) is 16.8. The van der Waals surface area contributed by atoms with Crippen molar-refractivity contribution < 1.29 is 0 Å². The fourth-order valence-corrected chi connectivity index (χ4v) is 2.97. The van der Waals surface area contributed by atoms with Crippen molar-refractivity contribution in [3.8, 4) is 0 Å². The van der Waals surface area contributed by atoms with Crippen molar-refractivity contribution in [3.63, 3.8) is 0 Å². The zero-order chi connectivity index (χ0) is 19.9. The molecular formula is C21H26ClIN6. The maximum Gasteiger partial charge on any atom is 0.192 e. The number of aryl methyl sites for hydroxylation is 1. The highest BCUT2D eigenvalue weighted by Crippen LogP contribution is 2.13. The van der Waals surface area contributed by atoms with Gasteiger partial charge in [-0.2, -0.15) is 0 Å². The van der Waals surface area contributed by atoms with Gasteiger partial charge in [0, 0.05) is 12.1 Å². The van der Waals surface area contributed by atoms with Gasteiger partial charge < -0.3 is 15.2 Å². The largest absolute Gasteiger partial charge is 0.350 e. The summed E-state index contributed by atoms with van der Waals surface area (Å²) in [6, 6.07) is 18.1. The van der Waals surface area contributed by atoms with Gasteiger partial charge >= 0.3 is 0 Å². The molecule has 3 rings (SSSR count). The van der Waals surface area contributed by atoms with Crippen LogP contribution in [0.15, 0.2) is 59.6 Å². The average Bonchev–Trinajstić information content (AvgIpc) is 3.02. The fraction of sp³-hybridized carbons (Fsp3) is 0.286.